The maximum absolute atomic E-state index is 13.0. The van der Waals surface area contributed by atoms with Gasteiger partial charge in [0.05, 0.1) is 6.10 Å². The summed E-state index contributed by atoms with van der Waals surface area (Å²) in [6, 6.07) is 5.60. The van der Waals surface area contributed by atoms with E-state index in [9.17, 15) is 4.39 Å². The second-order valence-electron chi connectivity index (χ2n) is 4.13. The van der Waals surface area contributed by atoms with Crippen molar-refractivity contribution < 1.29 is 9.13 Å². The van der Waals surface area contributed by atoms with Crippen LogP contribution in [0.2, 0.25) is 0 Å². The van der Waals surface area contributed by atoms with E-state index in [-0.39, 0.29) is 5.82 Å². The molecular weight excluding hydrogens is 193 g/mol. The maximum Gasteiger partial charge on any atom is 0.126 e. The molecule has 2 nitrogen and oxygen atoms in total. The van der Waals surface area contributed by atoms with Crippen molar-refractivity contribution in [2.24, 2.45) is 0 Å². The molecule has 1 aliphatic rings. The molecule has 0 amide bonds. The van der Waals surface area contributed by atoms with Crippen LogP contribution in [-0.2, 0) is 4.74 Å². The SMILES string of the molecule is COC1CC(Nc2ccc(F)c(C)c2)C1. The Morgan fingerprint density at radius 1 is 1.40 bits per heavy atom. The van der Waals surface area contributed by atoms with E-state index in [0.29, 0.717) is 17.7 Å². The third kappa shape index (κ3) is 2.29. The first-order chi connectivity index (χ1) is 7.19. The highest BCUT2D eigenvalue weighted by Crippen LogP contribution is 2.26. The number of hydrogen-bond donors (Lipinski definition) is 1. The van der Waals surface area contributed by atoms with Crippen molar-refractivity contribution in [2.45, 2.75) is 31.9 Å². The molecule has 0 heterocycles. The minimum absolute atomic E-state index is 0.149. The van der Waals surface area contributed by atoms with E-state index in [0.717, 1.165) is 18.5 Å². The molecule has 15 heavy (non-hydrogen) atoms. The Morgan fingerprint density at radius 3 is 2.73 bits per heavy atom. The molecule has 0 saturated heterocycles. The Bertz CT molecular complexity index is 347. The van der Waals surface area contributed by atoms with Gasteiger partial charge in [-0.2, -0.15) is 0 Å². The van der Waals surface area contributed by atoms with Gasteiger partial charge in [-0.3, -0.25) is 0 Å². The van der Waals surface area contributed by atoms with Crippen LogP contribution in [0.15, 0.2) is 18.2 Å². The summed E-state index contributed by atoms with van der Waals surface area (Å²) in [6.45, 7) is 1.78. The zero-order valence-corrected chi connectivity index (χ0v) is 9.09. The third-order valence-electron chi connectivity index (χ3n) is 2.96. The summed E-state index contributed by atoms with van der Waals surface area (Å²) in [7, 11) is 1.74. The highest BCUT2D eigenvalue weighted by Gasteiger charge is 2.28. The topological polar surface area (TPSA) is 21.3 Å². The first-order valence-corrected chi connectivity index (χ1v) is 5.24. The number of aryl methyl sites for hydroxylation is 1. The number of anilines is 1. The molecule has 0 spiro atoms. The molecule has 1 aromatic carbocycles. The molecule has 3 heteroatoms. The molecule has 1 saturated carbocycles. The minimum Gasteiger partial charge on any atom is -0.382 e. The summed E-state index contributed by atoms with van der Waals surface area (Å²) >= 11 is 0. The van der Waals surface area contributed by atoms with Crippen LogP contribution >= 0.6 is 0 Å². The van der Waals surface area contributed by atoms with Gasteiger partial charge in [0.25, 0.3) is 0 Å². The van der Waals surface area contributed by atoms with E-state index in [2.05, 4.69) is 5.32 Å². The van der Waals surface area contributed by atoms with E-state index < -0.39 is 0 Å². The first kappa shape index (κ1) is 10.4. The number of benzene rings is 1. The lowest BCUT2D eigenvalue weighted by atomic mass is 9.89. The van der Waals surface area contributed by atoms with E-state index in [1.807, 2.05) is 6.07 Å². The number of rotatable bonds is 3. The van der Waals surface area contributed by atoms with Gasteiger partial charge in [0.2, 0.25) is 0 Å². The molecule has 0 radical (unpaired) electrons. The van der Waals surface area contributed by atoms with Gasteiger partial charge in [0.1, 0.15) is 5.82 Å². The van der Waals surface area contributed by atoms with Crippen molar-refractivity contribution in [1.82, 2.24) is 0 Å². The molecule has 0 atom stereocenters. The summed E-state index contributed by atoms with van der Waals surface area (Å²) in [6.07, 6.45) is 2.46. The summed E-state index contributed by atoms with van der Waals surface area (Å²) in [5.41, 5.74) is 1.68. The standard InChI is InChI=1S/C12H16FNO/c1-8-5-9(3-4-12(8)13)14-10-6-11(7-10)15-2/h3-5,10-11,14H,6-7H2,1-2H3. The van der Waals surface area contributed by atoms with Gasteiger partial charge < -0.3 is 10.1 Å². The van der Waals surface area contributed by atoms with Crippen LogP contribution in [0.3, 0.4) is 0 Å². The quantitative estimate of drug-likeness (QED) is 0.826. The van der Waals surface area contributed by atoms with Crippen LogP contribution in [0, 0.1) is 12.7 Å². The van der Waals surface area contributed by atoms with Gasteiger partial charge in [-0.15, -0.1) is 0 Å². The van der Waals surface area contributed by atoms with Gasteiger partial charge >= 0.3 is 0 Å². The zero-order chi connectivity index (χ0) is 10.8. The smallest absolute Gasteiger partial charge is 0.126 e. The fraction of sp³-hybridized carbons (Fsp3) is 0.500. The Balaban J connectivity index is 1.92. The van der Waals surface area contributed by atoms with E-state index in [1.54, 1.807) is 20.1 Å². The predicted molar refractivity (Wildman–Crippen MR) is 58.6 cm³/mol. The number of halogens is 1. The fourth-order valence-electron chi connectivity index (χ4n) is 1.85. The molecule has 82 valence electrons. The van der Waals surface area contributed by atoms with Gasteiger partial charge in [0, 0.05) is 18.8 Å². The Labute approximate surface area is 89.4 Å². The number of methoxy groups -OCH3 is 1. The van der Waals surface area contributed by atoms with Gasteiger partial charge in [-0.25, -0.2) is 4.39 Å². The lowest BCUT2D eigenvalue weighted by Gasteiger charge is -2.35. The van der Waals surface area contributed by atoms with Crippen molar-refractivity contribution in [3.63, 3.8) is 0 Å². The van der Waals surface area contributed by atoms with E-state index >= 15 is 0 Å². The van der Waals surface area contributed by atoms with Crippen molar-refractivity contribution in [1.29, 1.82) is 0 Å². The van der Waals surface area contributed by atoms with Crippen molar-refractivity contribution in [3.8, 4) is 0 Å². The maximum atomic E-state index is 13.0. The molecule has 1 aromatic rings. The molecule has 0 unspecified atom stereocenters. The zero-order valence-electron chi connectivity index (χ0n) is 9.09. The van der Waals surface area contributed by atoms with Gasteiger partial charge in [-0.1, -0.05) is 0 Å². The van der Waals surface area contributed by atoms with Crippen LogP contribution in [0.1, 0.15) is 18.4 Å². The summed E-state index contributed by atoms with van der Waals surface area (Å²) < 4.78 is 18.2. The monoisotopic (exact) mass is 209 g/mol. The van der Waals surface area contributed by atoms with E-state index in [1.165, 1.54) is 6.07 Å². The van der Waals surface area contributed by atoms with Crippen LogP contribution in [0.4, 0.5) is 10.1 Å². The van der Waals surface area contributed by atoms with Gasteiger partial charge in [-0.05, 0) is 43.5 Å². The molecule has 1 fully saturated rings. The second-order valence-corrected chi connectivity index (χ2v) is 4.13. The minimum atomic E-state index is -0.149. The molecule has 1 N–H and O–H groups in total. The Hall–Kier alpha value is -1.09. The van der Waals surface area contributed by atoms with Crippen molar-refractivity contribution in [2.75, 3.05) is 12.4 Å². The molecular formula is C12H16FNO. The number of nitrogens with one attached hydrogen (secondary N) is 1. The Morgan fingerprint density at radius 2 is 2.13 bits per heavy atom. The molecule has 1 aliphatic carbocycles. The summed E-state index contributed by atoms with van der Waals surface area (Å²) in [5, 5.41) is 3.36. The highest BCUT2D eigenvalue weighted by atomic mass is 19.1. The number of ether oxygens (including phenoxy) is 1. The predicted octanol–water partition coefficient (Wildman–Crippen LogP) is 2.72. The largest absolute Gasteiger partial charge is 0.382 e. The van der Waals surface area contributed by atoms with Crippen LogP contribution in [0.5, 0.6) is 0 Å². The highest BCUT2D eigenvalue weighted by molar-refractivity contribution is 5.47. The Kier molecular flexibility index (Phi) is 2.91. The van der Waals surface area contributed by atoms with Crippen molar-refractivity contribution >= 4 is 5.69 Å². The second kappa shape index (κ2) is 4.19. The molecule has 2 rings (SSSR count). The summed E-state index contributed by atoms with van der Waals surface area (Å²) in [5.74, 6) is -0.149. The fourth-order valence-corrected chi connectivity index (χ4v) is 1.85. The van der Waals surface area contributed by atoms with Crippen LogP contribution in [-0.4, -0.2) is 19.3 Å². The average Bonchev–Trinajstić information content (AvgIpc) is 2.16. The van der Waals surface area contributed by atoms with Crippen LogP contribution < -0.4 is 5.32 Å². The molecule has 0 aliphatic heterocycles. The summed E-state index contributed by atoms with van der Waals surface area (Å²) in [4.78, 5) is 0. The molecule has 0 aromatic heterocycles. The third-order valence-corrected chi connectivity index (χ3v) is 2.96. The lowest BCUT2D eigenvalue weighted by Crippen LogP contribution is -2.40. The van der Waals surface area contributed by atoms with Crippen molar-refractivity contribution in [3.05, 3.63) is 29.6 Å². The van der Waals surface area contributed by atoms with E-state index in [4.69, 9.17) is 4.74 Å². The normalized spacial score (nSPS) is 24.7. The lowest BCUT2D eigenvalue weighted by molar-refractivity contribution is 0.0329. The first-order valence-electron chi connectivity index (χ1n) is 5.24. The number of hydrogen-bond acceptors (Lipinski definition) is 2. The van der Waals surface area contributed by atoms with Crippen LogP contribution in [0.25, 0.3) is 0 Å². The average molecular weight is 209 g/mol. The molecule has 0 bridgehead atoms. The van der Waals surface area contributed by atoms with Gasteiger partial charge in [0.15, 0.2) is 0 Å².